The smallest absolute Gasteiger partial charge is 0.223 e. The van der Waals surface area contributed by atoms with Crippen molar-refractivity contribution in [1.82, 2.24) is 19.7 Å². The highest BCUT2D eigenvalue weighted by Crippen LogP contribution is 2.25. The summed E-state index contributed by atoms with van der Waals surface area (Å²) in [7, 11) is 0. The third-order valence-electron chi connectivity index (χ3n) is 7.89. The summed E-state index contributed by atoms with van der Waals surface area (Å²) in [6.45, 7) is 7.78. The van der Waals surface area contributed by atoms with Crippen LogP contribution in [0.4, 0.5) is 4.39 Å². The first-order chi connectivity index (χ1) is 17.7. The fourth-order valence-corrected chi connectivity index (χ4v) is 5.78. The fraction of sp³-hybridized carbons (Fsp3) is 0.500. The van der Waals surface area contributed by atoms with Crippen molar-refractivity contribution in [2.24, 2.45) is 5.92 Å². The number of likely N-dealkylation sites (tertiary alicyclic amines) is 2. The highest BCUT2D eigenvalue weighted by atomic mass is 19.1. The molecule has 0 unspecified atom stereocenters. The molecule has 2 aliphatic rings. The van der Waals surface area contributed by atoms with Crippen molar-refractivity contribution in [2.75, 3.05) is 39.3 Å². The minimum atomic E-state index is -0.203. The molecule has 2 aliphatic heterocycles. The zero-order chi connectivity index (χ0) is 24.7. The Labute approximate surface area is 214 Å². The number of halogens is 1. The maximum Gasteiger partial charge on any atom is 0.223 e. The van der Waals surface area contributed by atoms with E-state index in [0.717, 1.165) is 64.1 Å². The Balaban J connectivity index is 1.13. The number of nitrogens with one attached hydrogen (secondary N) is 1. The molecule has 3 heterocycles. The summed E-state index contributed by atoms with van der Waals surface area (Å²) >= 11 is 0. The summed E-state index contributed by atoms with van der Waals surface area (Å²) in [4.78, 5) is 17.7. The lowest BCUT2D eigenvalue weighted by atomic mass is 9.95. The summed E-state index contributed by atoms with van der Waals surface area (Å²) < 4.78 is 15.8. The predicted octanol–water partition coefficient (Wildman–Crippen LogP) is 5.03. The minimum Gasteiger partial charge on any atom is -0.356 e. The molecule has 0 bridgehead atoms. The molecule has 0 spiro atoms. The molecule has 0 aliphatic carbocycles. The average molecular weight is 491 g/mol. The van der Waals surface area contributed by atoms with Crippen molar-refractivity contribution >= 4 is 16.8 Å². The third-order valence-corrected chi connectivity index (χ3v) is 7.89. The van der Waals surface area contributed by atoms with E-state index < -0.39 is 0 Å². The topological polar surface area (TPSA) is 40.5 Å². The van der Waals surface area contributed by atoms with Gasteiger partial charge in [0.05, 0.1) is 0 Å². The summed E-state index contributed by atoms with van der Waals surface area (Å²) in [5.41, 5.74) is 3.56. The molecule has 1 N–H and O–H groups in total. The molecule has 192 valence electrons. The van der Waals surface area contributed by atoms with Gasteiger partial charge in [0, 0.05) is 36.8 Å². The molecular formula is C30H39FN4O. The number of hydrogen-bond donors (Lipinski definition) is 1. The van der Waals surface area contributed by atoms with Gasteiger partial charge >= 0.3 is 0 Å². The fourth-order valence-electron chi connectivity index (χ4n) is 5.78. The number of benzene rings is 2. The van der Waals surface area contributed by atoms with E-state index in [9.17, 15) is 9.18 Å². The predicted molar refractivity (Wildman–Crippen MR) is 143 cm³/mol. The van der Waals surface area contributed by atoms with E-state index in [4.69, 9.17) is 0 Å². The second-order valence-electron chi connectivity index (χ2n) is 10.5. The van der Waals surface area contributed by atoms with E-state index in [0.29, 0.717) is 0 Å². The second-order valence-corrected chi connectivity index (χ2v) is 10.5. The van der Waals surface area contributed by atoms with Gasteiger partial charge in [-0.15, -0.1) is 0 Å². The van der Waals surface area contributed by atoms with E-state index in [-0.39, 0.29) is 17.6 Å². The number of amides is 1. The summed E-state index contributed by atoms with van der Waals surface area (Å²) in [6, 6.07) is 17.5. The molecule has 2 saturated heterocycles. The molecule has 1 aromatic heterocycles. The SMILES string of the molecule is O=C(NCCCN1CCCCC1)C1CCN(Cc2cc3ccccc3n2Cc2ccc(F)cc2)CC1. The van der Waals surface area contributed by atoms with Crippen LogP contribution in [-0.4, -0.2) is 59.5 Å². The number of carbonyl (C=O) groups excluding carboxylic acids is 1. The standard InChI is InChI=1S/C30H39FN4O/c31-27-11-9-24(10-12-27)22-35-28(21-26-7-2-3-8-29(26)35)23-34-19-13-25(14-20-34)30(36)32-15-6-18-33-16-4-1-5-17-33/h2-3,7-12,21,25H,1,4-6,13-20,22-23H2,(H,32,36). The Morgan fingerprint density at radius 2 is 1.64 bits per heavy atom. The lowest BCUT2D eigenvalue weighted by Gasteiger charge is -2.31. The van der Waals surface area contributed by atoms with Gasteiger partial charge in [0.1, 0.15) is 5.82 Å². The zero-order valence-corrected chi connectivity index (χ0v) is 21.3. The number of hydrogen-bond acceptors (Lipinski definition) is 3. The molecule has 5 rings (SSSR count). The van der Waals surface area contributed by atoms with Crippen LogP contribution in [0.5, 0.6) is 0 Å². The highest BCUT2D eigenvalue weighted by molar-refractivity contribution is 5.81. The van der Waals surface area contributed by atoms with Crippen LogP contribution in [0.2, 0.25) is 0 Å². The highest BCUT2D eigenvalue weighted by Gasteiger charge is 2.25. The van der Waals surface area contributed by atoms with Crippen molar-refractivity contribution in [1.29, 1.82) is 0 Å². The van der Waals surface area contributed by atoms with E-state index >= 15 is 0 Å². The number of carbonyl (C=O) groups is 1. The van der Waals surface area contributed by atoms with Gasteiger partial charge in [-0.25, -0.2) is 4.39 Å². The van der Waals surface area contributed by atoms with Gasteiger partial charge in [0.15, 0.2) is 0 Å². The third kappa shape index (κ3) is 6.34. The van der Waals surface area contributed by atoms with E-state index in [1.165, 1.54) is 61.1 Å². The summed E-state index contributed by atoms with van der Waals surface area (Å²) in [6.07, 6.45) is 6.87. The second kappa shape index (κ2) is 12.0. The Kier molecular flexibility index (Phi) is 8.34. The van der Waals surface area contributed by atoms with Crippen LogP contribution in [-0.2, 0) is 17.9 Å². The first-order valence-electron chi connectivity index (χ1n) is 13.7. The van der Waals surface area contributed by atoms with Gasteiger partial charge in [-0.05, 0) is 100 Å². The largest absolute Gasteiger partial charge is 0.356 e. The van der Waals surface area contributed by atoms with Gasteiger partial charge in [-0.3, -0.25) is 9.69 Å². The van der Waals surface area contributed by atoms with E-state index in [1.807, 2.05) is 12.1 Å². The number of rotatable bonds is 9. The number of aromatic nitrogens is 1. The molecule has 2 aromatic carbocycles. The maximum absolute atomic E-state index is 13.4. The number of nitrogens with zero attached hydrogens (tertiary/aromatic N) is 3. The van der Waals surface area contributed by atoms with Gasteiger partial charge < -0.3 is 14.8 Å². The lowest BCUT2D eigenvalue weighted by molar-refractivity contribution is -0.126. The molecular weight excluding hydrogens is 451 g/mol. The molecule has 1 amide bonds. The molecule has 6 heteroatoms. The van der Waals surface area contributed by atoms with E-state index in [1.54, 1.807) is 0 Å². The Morgan fingerprint density at radius 3 is 2.42 bits per heavy atom. The van der Waals surface area contributed by atoms with Crippen molar-refractivity contribution < 1.29 is 9.18 Å². The summed E-state index contributed by atoms with van der Waals surface area (Å²) in [5, 5.41) is 4.43. The molecule has 36 heavy (non-hydrogen) atoms. The van der Waals surface area contributed by atoms with Crippen LogP contribution in [0.25, 0.3) is 10.9 Å². The van der Waals surface area contributed by atoms with Gasteiger partial charge in [-0.1, -0.05) is 36.8 Å². The minimum absolute atomic E-state index is 0.126. The van der Waals surface area contributed by atoms with Crippen molar-refractivity contribution in [3.8, 4) is 0 Å². The monoisotopic (exact) mass is 490 g/mol. The molecule has 0 atom stereocenters. The zero-order valence-electron chi connectivity index (χ0n) is 21.3. The lowest BCUT2D eigenvalue weighted by Crippen LogP contribution is -2.41. The van der Waals surface area contributed by atoms with Crippen LogP contribution in [0, 0.1) is 11.7 Å². The van der Waals surface area contributed by atoms with Crippen LogP contribution < -0.4 is 5.32 Å². The first kappa shape index (κ1) is 25.0. The van der Waals surface area contributed by atoms with E-state index in [2.05, 4.69) is 50.0 Å². The molecule has 0 saturated carbocycles. The Bertz CT molecular complexity index is 1130. The van der Waals surface area contributed by atoms with Gasteiger partial charge in [-0.2, -0.15) is 0 Å². The van der Waals surface area contributed by atoms with Crippen LogP contribution in [0.1, 0.15) is 49.8 Å². The Morgan fingerprint density at radius 1 is 0.889 bits per heavy atom. The van der Waals surface area contributed by atoms with Crippen LogP contribution in [0.3, 0.4) is 0 Å². The van der Waals surface area contributed by atoms with Crippen molar-refractivity contribution in [3.05, 3.63) is 71.7 Å². The summed E-state index contributed by atoms with van der Waals surface area (Å²) in [5.74, 6) is 0.158. The Hall–Kier alpha value is -2.70. The number of fused-ring (bicyclic) bond motifs is 1. The number of piperidine rings is 2. The quantitative estimate of drug-likeness (QED) is 0.428. The number of para-hydroxylation sites is 1. The van der Waals surface area contributed by atoms with Crippen LogP contribution >= 0.6 is 0 Å². The van der Waals surface area contributed by atoms with Gasteiger partial charge in [0.25, 0.3) is 0 Å². The first-order valence-corrected chi connectivity index (χ1v) is 13.7. The van der Waals surface area contributed by atoms with Crippen LogP contribution in [0.15, 0.2) is 54.6 Å². The van der Waals surface area contributed by atoms with Gasteiger partial charge in [0.2, 0.25) is 5.91 Å². The molecule has 2 fully saturated rings. The molecule has 3 aromatic rings. The van der Waals surface area contributed by atoms with Crippen molar-refractivity contribution in [3.63, 3.8) is 0 Å². The maximum atomic E-state index is 13.4. The average Bonchev–Trinajstić information content (AvgIpc) is 3.25. The van der Waals surface area contributed by atoms with Crippen molar-refractivity contribution in [2.45, 2.75) is 51.6 Å². The molecule has 0 radical (unpaired) electrons. The molecule has 5 nitrogen and oxygen atoms in total. The normalized spacial score (nSPS) is 18.0.